The van der Waals surface area contributed by atoms with E-state index in [1.807, 2.05) is 12.1 Å². The van der Waals surface area contributed by atoms with Crippen molar-refractivity contribution in [2.75, 3.05) is 0 Å². The Bertz CT molecular complexity index is 1450. The van der Waals surface area contributed by atoms with Gasteiger partial charge in [-0.05, 0) is 72.9 Å². The largest absolute Gasteiger partial charge is 0.480 e. The number of rotatable bonds is 9. The van der Waals surface area contributed by atoms with Crippen LogP contribution in [0.3, 0.4) is 0 Å². The van der Waals surface area contributed by atoms with E-state index in [1.165, 1.54) is 27.4 Å². The van der Waals surface area contributed by atoms with Gasteiger partial charge >= 0.3 is 0 Å². The van der Waals surface area contributed by atoms with Gasteiger partial charge in [-0.1, -0.05) is 66.7 Å². The van der Waals surface area contributed by atoms with E-state index in [2.05, 4.69) is 83.4 Å². The Morgan fingerprint density at radius 3 is 2.23 bits per heavy atom. The summed E-state index contributed by atoms with van der Waals surface area (Å²) in [5.41, 5.74) is 3.94. The third kappa shape index (κ3) is 5.27. The van der Waals surface area contributed by atoms with E-state index in [0.717, 1.165) is 43.4 Å². The second kappa shape index (κ2) is 9.75. The Kier molecular flexibility index (Phi) is 6.37. The van der Waals surface area contributed by atoms with Crippen molar-refractivity contribution in [3.63, 3.8) is 0 Å². The maximum Gasteiger partial charge on any atom is 0.162 e. The number of aromatic nitrogens is 2. The summed E-state index contributed by atoms with van der Waals surface area (Å²) in [6.07, 6.45) is 3.67. The summed E-state index contributed by atoms with van der Waals surface area (Å²) >= 11 is 0. The molecule has 0 saturated heterocycles. The predicted octanol–water partition coefficient (Wildman–Crippen LogP) is 6.77. The van der Waals surface area contributed by atoms with Crippen LogP contribution in [-0.4, -0.2) is 21.4 Å². The van der Waals surface area contributed by atoms with Crippen LogP contribution >= 0.6 is 0 Å². The van der Waals surface area contributed by atoms with Gasteiger partial charge in [0.1, 0.15) is 11.6 Å². The van der Waals surface area contributed by atoms with Gasteiger partial charge in [-0.3, -0.25) is 4.79 Å². The maximum atomic E-state index is 11.1. The smallest absolute Gasteiger partial charge is 0.162 e. The van der Waals surface area contributed by atoms with Gasteiger partial charge in [-0.15, -0.1) is 0 Å². The van der Waals surface area contributed by atoms with E-state index in [0.29, 0.717) is 5.75 Å². The number of carbonyl (C=O) groups excluding carboxylic acids is 1. The molecule has 4 nitrogen and oxygen atoms in total. The summed E-state index contributed by atoms with van der Waals surface area (Å²) in [6, 6.07) is 31.6. The molecule has 5 rings (SSSR count). The number of hydrogen-bond acceptors (Lipinski definition) is 3. The monoisotopic (exact) mass is 462 g/mol. The van der Waals surface area contributed by atoms with Crippen LogP contribution in [0.4, 0.5) is 0 Å². The Balaban J connectivity index is 1.36. The fourth-order valence-corrected chi connectivity index (χ4v) is 4.50. The number of nitrogens with zero attached hydrogens (tertiary/aromatic N) is 2. The number of hydrogen-bond donors (Lipinski definition) is 0. The van der Waals surface area contributed by atoms with E-state index >= 15 is 0 Å². The van der Waals surface area contributed by atoms with Crippen LogP contribution < -0.4 is 4.74 Å². The van der Waals surface area contributed by atoms with Crippen LogP contribution in [0.25, 0.3) is 21.8 Å². The number of carbonyl (C=O) groups is 1. The minimum absolute atomic E-state index is 0.711. The average molecular weight is 463 g/mol. The van der Waals surface area contributed by atoms with Gasteiger partial charge in [0.2, 0.25) is 0 Å². The quantitative estimate of drug-likeness (QED) is 0.227. The first-order chi connectivity index (χ1) is 17.0. The van der Waals surface area contributed by atoms with E-state index in [1.54, 1.807) is 13.8 Å². The van der Waals surface area contributed by atoms with Crippen LogP contribution in [0.2, 0.25) is 0 Å². The molecule has 0 amide bonds. The lowest BCUT2D eigenvalue weighted by Gasteiger charge is -2.19. The molecule has 0 radical (unpaired) electrons. The molecule has 0 aliphatic rings. The first-order valence-corrected chi connectivity index (χ1v) is 12.2. The van der Waals surface area contributed by atoms with E-state index in [-0.39, 0.29) is 0 Å². The van der Waals surface area contributed by atoms with Crippen molar-refractivity contribution in [2.45, 2.75) is 45.3 Å². The summed E-state index contributed by atoms with van der Waals surface area (Å²) < 4.78 is 8.11. The van der Waals surface area contributed by atoms with E-state index in [4.69, 9.17) is 9.72 Å². The van der Waals surface area contributed by atoms with Crippen molar-refractivity contribution in [1.82, 2.24) is 9.55 Å². The van der Waals surface area contributed by atoms with Crippen molar-refractivity contribution in [3.8, 4) is 5.75 Å². The zero-order valence-corrected chi connectivity index (χ0v) is 20.3. The lowest BCUT2D eigenvalue weighted by molar-refractivity contribution is -0.118. The molecule has 0 aliphatic carbocycles. The van der Waals surface area contributed by atoms with Gasteiger partial charge in [-0.25, -0.2) is 4.98 Å². The summed E-state index contributed by atoms with van der Waals surface area (Å²) in [5, 5.41) is 2.46. The average Bonchev–Trinajstić information content (AvgIpc) is 3.20. The van der Waals surface area contributed by atoms with Gasteiger partial charge in [0.05, 0.1) is 11.0 Å². The molecular formula is C31H30N2O2. The molecular weight excluding hydrogens is 432 g/mol. The van der Waals surface area contributed by atoms with Gasteiger partial charge in [0.15, 0.2) is 11.9 Å². The molecule has 0 N–H and O–H groups in total. The minimum Gasteiger partial charge on any atom is -0.480 e. The predicted molar refractivity (Wildman–Crippen MR) is 142 cm³/mol. The van der Waals surface area contributed by atoms with E-state index in [9.17, 15) is 4.79 Å². The fourth-order valence-electron chi connectivity index (χ4n) is 4.50. The Morgan fingerprint density at radius 2 is 1.51 bits per heavy atom. The van der Waals surface area contributed by atoms with Gasteiger partial charge < -0.3 is 9.30 Å². The summed E-state index contributed by atoms with van der Waals surface area (Å²) in [7, 11) is 0. The van der Waals surface area contributed by atoms with Crippen molar-refractivity contribution in [1.29, 1.82) is 0 Å². The molecule has 176 valence electrons. The van der Waals surface area contributed by atoms with Crippen molar-refractivity contribution < 1.29 is 9.53 Å². The molecule has 1 heterocycles. The molecule has 5 aromatic rings. The molecule has 1 aromatic heterocycles. The minimum atomic E-state index is -0.815. The zero-order chi connectivity index (χ0) is 24.3. The maximum absolute atomic E-state index is 11.1. The third-order valence-electron chi connectivity index (χ3n) is 6.33. The third-order valence-corrected chi connectivity index (χ3v) is 6.33. The number of imidazole rings is 1. The summed E-state index contributed by atoms with van der Waals surface area (Å²) in [6.45, 7) is 4.33. The second-order valence-corrected chi connectivity index (χ2v) is 9.61. The molecule has 35 heavy (non-hydrogen) atoms. The number of aldehydes is 1. The summed E-state index contributed by atoms with van der Waals surface area (Å²) in [4.78, 5) is 16.2. The number of aryl methyl sites for hydroxylation is 2. The highest BCUT2D eigenvalue weighted by molar-refractivity contribution is 5.95. The number of fused-ring (bicyclic) bond motifs is 2. The van der Waals surface area contributed by atoms with Crippen LogP contribution in [-0.2, 0) is 24.2 Å². The standard InChI is InChI=1S/C31H30N2O2/c1-31(2,22-34)35-27-17-15-23(16-18-27)11-8-14-30-32-28-19-25-12-6-7-13-26(25)20-29(28)33(30)21-24-9-4-3-5-10-24/h3-7,9-10,12-13,15-20,22H,8,11,14,21H2,1-2H3. The molecule has 0 spiro atoms. The van der Waals surface area contributed by atoms with Crippen molar-refractivity contribution in [2.24, 2.45) is 0 Å². The van der Waals surface area contributed by atoms with Crippen LogP contribution in [0.5, 0.6) is 5.75 Å². The van der Waals surface area contributed by atoms with Gasteiger partial charge in [-0.2, -0.15) is 0 Å². The molecule has 0 fully saturated rings. The molecule has 4 aromatic carbocycles. The Labute approximate surface area is 206 Å². The normalized spacial score (nSPS) is 11.7. The first-order valence-electron chi connectivity index (χ1n) is 12.2. The SMILES string of the molecule is CC(C)(C=O)Oc1ccc(CCCc2nc3cc4ccccc4cc3n2Cc2ccccc2)cc1. The Morgan fingerprint density at radius 1 is 0.829 bits per heavy atom. The number of benzene rings is 4. The highest BCUT2D eigenvalue weighted by atomic mass is 16.5. The van der Waals surface area contributed by atoms with Gasteiger partial charge in [0, 0.05) is 13.0 Å². The van der Waals surface area contributed by atoms with Gasteiger partial charge in [0.25, 0.3) is 0 Å². The van der Waals surface area contributed by atoms with Crippen molar-refractivity contribution >= 4 is 28.1 Å². The summed E-state index contributed by atoms with van der Waals surface area (Å²) in [5.74, 6) is 1.83. The van der Waals surface area contributed by atoms with Crippen LogP contribution in [0.15, 0.2) is 91.0 Å². The molecule has 0 saturated carbocycles. The topological polar surface area (TPSA) is 44.1 Å². The highest BCUT2D eigenvalue weighted by Crippen LogP contribution is 2.26. The van der Waals surface area contributed by atoms with Crippen molar-refractivity contribution in [3.05, 3.63) is 108 Å². The van der Waals surface area contributed by atoms with E-state index < -0.39 is 5.60 Å². The van der Waals surface area contributed by atoms with Crippen LogP contribution in [0, 0.1) is 0 Å². The molecule has 0 aliphatic heterocycles. The molecule has 0 unspecified atom stereocenters. The highest BCUT2D eigenvalue weighted by Gasteiger charge is 2.18. The lowest BCUT2D eigenvalue weighted by Crippen LogP contribution is -2.29. The number of ether oxygens (including phenoxy) is 1. The first kappa shape index (κ1) is 22.9. The Hall–Kier alpha value is -3.92. The second-order valence-electron chi connectivity index (χ2n) is 9.61. The lowest BCUT2D eigenvalue weighted by atomic mass is 10.1. The molecule has 4 heteroatoms. The van der Waals surface area contributed by atoms with Crippen LogP contribution in [0.1, 0.15) is 37.2 Å². The zero-order valence-electron chi connectivity index (χ0n) is 20.3. The molecule has 0 bridgehead atoms. The molecule has 0 atom stereocenters. The fraction of sp³-hybridized carbons (Fsp3) is 0.226.